The van der Waals surface area contributed by atoms with Crippen LogP contribution in [0.2, 0.25) is 0 Å². The zero-order chi connectivity index (χ0) is 21.1. The highest BCUT2D eigenvalue weighted by molar-refractivity contribution is 6.62. The summed E-state index contributed by atoms with van der Waals surface area (Å²) in [5, 5.41) is 0. The van der Waals surface area contributed by atoms with Crippen molar-refractivity contribution in [2.75, 3.05) is 11.4 Å². The minimum absolute atomic E-state index is 0.256. The van der Waals surface area contributed by atoms with Crippen LogP contribution in [0.4, 0.5) is 10.5 Å². The molecule has 5 nitrogen and oxygen atoms in total. The molecule has 2 aromatic rings. The van der Waals surface area contributed by atoms with Gasteiger partial charge in [-0.05, 0) is 57.3 Å². The van der Waals surface area contributed by atoms with E-state index in [1.54, 1.807) is 4.90 Å². The van der Waals surface area contributed by atoms with Gasteiger partial charge in [0.15, 0.2) is 0 Å². The lowest BCUT2D eigenvalue weighted by molar-refractivity contribution is 0.00578. The third kappa shape index (κ3) is 4.82. The molecule has 29 heavy (non-hydrogen) atoms. The lowest BCUT2D eigenvalue weighted by Gasteiger charge is -2.32. The monoisotopic (exact) mass is 395 g/mol. The van der Waals surface area contributed by atoms with Crippen molar-refractivity contribution in [2.45, 2.75) is 58.8 Å². The van der Waals surface area contributed by atoms with Crippen molar-refractivity contribution >= 4 is 24.4 Å². The Morgan fingerprint density at radius 2 is 1.55 bits per heavy atom. The average Bonchev–Trinajstić information content (AvgIpc) is 2.92. The van der Waals surface area contributed by atoms with Crippen molar-refractivity contribution in [3.05, 3.63) is 60.2 Å². The van der Waals surface area contributed by atoms with E-state index in [9.17, 15) is 4.79 Å². The first-order valence-corrected chi connectivity index (χ1v) is 10.2. The predicted octanol–water partition coefficient (Wildman–Crippen LogP) is 4.54. The summed E-state index contributed by atoms with van der Waals surface area (Å²) in [7, 11) is -0.418. The molecular formula is C23H30BNO4. The van der Waals surface area contributed by atoms with E-state index in [1.165, 1.54) is 0 Å². The molecule has 0 bridgehead atoms. The Labute approximate surface area is 174 Å². The molecule has 0 atom stereocenters. The Bertz CT molecular complexity index is 805. The number of carbonyl (C=O) groups excluding carboxylic acids is 1. The molecule has 0 radical (unpaired) electrons. The third-order valence-corrected chi connectivity index (χ3v) is 5.60. The van der Waals surface area contributed by atoms with Crippen LogP contribution >= 0.6 is 0 Å². The van der Waals surface area contributed by atoms with E-state index in [0.717, 1.165) is 23.1 Å². The van der Waals surface area contributed by atoms with Crippen LogP contribution in [-0.4, -0.2) is 31.0 Å². The molecule has 1 heterocycles. The fourth-order valence-corrected chi connectivity index (χ4v) is 3.14. The van der Waals surface area contributed by atoms with Gasteiger partial charge in [0.05, 0.1) is 11.2 Å². The second-order valence-electron chi connectivity index (χ2n) is 8.37. The molecule has 1 aliphatic heterocycles. The molecule has 0 aliphatic carbocycles. The van der Waals surface area contributed by atoms with Gasteiger partial charge in [0.2, 0.25) is 0 Å². The molecule has 2 aromatic carbocycles. The van der Waals surface area contributed by atoms with Gasteiger partial charge in [0.25, 0.3) is 0 Å². The summed E-state index contributed by atoms with van der Waals surface area (Å²) in [6, 6.07) is 17.4. The maximum absolute atomic E-state index is 12.7. The fourth-order valence-electron chi connectivity index (χ4n) is 3.14. The van der Waals surface area contributed by atoms with Gasteiger partial charge in [0, 0.05) is 12.2 Å². The third-order valence-electron chi connectivity index (χ3n) is 5.60. The quantitative estimate of drug-likeness (QED) is 0.674. The fraction of sp³-hybridized carbons (Fsp3) is 0.435. The zero-order valence-electron chi connectivity index (χ0n) is 18.0. The number of benzene rings is 2. The lowest BCUT2D eigenvalue weighted by Crippen LogP contribution is -2.41. The van der Waals surface area contributed by atoms with Crippen molar-refractivity contribution in [1.82, 2.24) is 0 Å². The maximum Gasteiger partial charge on any atom is 0.494 e. The zero-order valence-corrected chi connectivity index (χ0v) is 18.0. The van der Waals surface area contributed by atoms with E-state index in [2.05, 4.69) is 0 Å². The van der Waals surface area contributed by atoms with Crippen LogP contribution in [0, 0.1) is 0 Å². The Morgan fingerprint density at radius 1 is 0.966 bits per heavy atom. The number of carbonyl (C=O) groups is 1. The van der Waals surface area contributed by atoms with E-state index in [4.69, 9.17) is 14.0 Å². The van der Waals surface area contributed by atoms with Crippen LogP contribution < -0.4 is 10.4 Å². The van der Waals surface area contributed by atoms with Crippen LogP contribution in [-0.2, 0) is 20.7 Å². The summed E-state index contributed by atoms with van der Waals surface area (Å²) in [4.78, 5) is 14.3. The molecule has 1 fully saturated rings. The highest BCUT2D eigenvalue weighted by Gasteiger charge is 2.51. The van der Waals surface area contributed by atoms with Gasteiger partial charge in [-0.25, -0.2) is 4.79 Å². The molecule has 1 aliphatic rings. The Hall–Kier alpha value is -2.31. The van der Waals surface area contributed by atoms with Crippen LogP contribution in [0.25, 0.3) is 0 Å². The normalized spacial score (nSPS) is 17.2. The van der Waals surface area contributed by atoms with Crippen LogP contribution in [0.5, 0.6) is 0 Å². The molecule has 0 aromatic heterocycles. The van der Waals surface area contributed by atoms with Gasteiger partial charge in [-0.2, -0.15) is 0 Å². The molecular weight excluding hydrogens is 365 g/mol. The maximum atomic E-state index is 12.7. The standard InChI is InChI=1S/C23H30BNO4/c1-6-16-25(21(26)27-17-18-10-8-7-9-11-18)20-14-12-19(13-15-20)24-28-22(2,3)23(4,5)29-24/h7-15H,6,16-17H2,1-5H3. The van der Waals surface area contributed by atoms with Crippen molar-refractivity contribution in [1.29, 1.82) is 0 Å². The lowest BCUT2D eigenvalue weighted by atomic mass is 9.79. The van der Waals surface area contributed by atoms with Gasteiger partial charge in [0.1, 0.15) is 6.61 Å². The molecule has 0 spiro atoms. The minimum Gasteiger partial charge on any atom is -0.444 e. The van der Waals surface area contributed by atoms with Gasteiger partial charge in [-0.1, -0.05) is 49.4 Å². The Morgan fingerprint density at radius 3 is 2.10 bits per heavy atom. The summed E-state index contributed by atoms with van der Waals surface area (Å²) in [6.45, 7) is 11.0. The van der Waals surface area contributed by atoms with E-state index in [0.29, 0.717) is 6.54 Å². The molecule has 0 unspecified atom stereocenters. The molecule has 1 amide bonds. The molecule has 154 valence electrons. The number of anilines is 1. The second-order valence-corrected chi connectivity index (χ2v) is 8.37. The topological polar surface area (TPSA) is 48.0 Å². The SMILES string of the molecule is CCCN(C(=O)OCc1ccccc1)c1ccc(B2OC(C)(C)C(C)(C)O2)cc1. The highest BCUT2D eigenvalue weighted by atomic mass is 16.7. The number of amides is 1. The summed E-state index contributed by atoms with van der Waals surface area (Å²) in [6.07, 6.45) is 0.485. The number of nitrogens with zero attached hydrogens (tertiary/aromatic N) is 1. The summed E-state index contributed by atoms with van der Waals surface area (Å²) in [5.41, 5.74) is 1.93. The van der Waals surface area contributed by atoms with Crippen molar-refractivity contribution in [3.8, 4) is 0 Å². The summed E-state index contributed by atoms with van der Waals surface area (Å²) in [5.74, 6) is 0. The van der Waals surface area contributed by atoms with Crippen LogP contribution in [0.1, 0.15) is 46.6 Å². The van der Waals surface area contributed by atoms with Gasteiger partial charge < -0.3 is 14.0 Å². The molecule has 1 saturated heterocycles. The minimum atomic E-state index is -0.418. The molecule has 0 saturated carbocycles. The van der Waals surface area contributed by atoms with Crippen molar-refractivity contribution in [2.24, 2.45) is 0 Å². The number of ether oxygens (including phenoxy) is 1. The summed E-state index contributed by atoms with van der Waals surface area (Å²) < 4.78 is 17.7. The van der Waals surface area contributed by atoms with E-state index >= 15 is 0 Å². The molecule has 3 rings (SSSR count). The number of hydrogen-bond acceptors (Lipinski definition) is 4. The van der Waals surface area contributed by atoms with Gasteiger partial charge in [-0.15, -0.1) is 0 Å². The van der Waals surface area contributed by atoms with Crippen LogP contribution in [0.3, 0.4) is 0 Å². The molecule has 0 N–H and O–H groups in total. The van der Waals surface area contributed by atoms with E-state index in [1.807, 2.05) is 89.2 Å². The van der Waals surface area contributed by atoms with E-state index in [-0.39, 0.29) is 23.9 Å². The number of hydrogen-bond donors (Lipinski definition) is 0. The molecule has 6 heteroatoms. The average molecular weight is 395 g/mol. The largest absolute Gasteiger partial charge is 0.494 e. The highest BCUT2D eigenvalue weighted by Crippen LogP contribution is 2.36. The van der Waals surface area contributed by atoms with Gasteiger partial charge in [-0.3, -0.25) is 4.90 Å². The first-order chi connectivity index (χ1) is 13.7. The smallest absolute Gasteiger partial charge is 0.444 e. The number of rotatable bonds is 6. The van der Waals surface area contributed by atoms with Gasteiger partial charge >= 0.3 is 13.2 Å². The van der Waals surface area contributed by atoms with E-state index < -0.39 is 7.12 Å². The predicted molar refractivity (Wildman–Crippen MR) is 116 cm³/mol. The van der Waals surface area contributed by atoms with Crippen molar-refractivity contribution in [3.63, 3.8) is 0 Å². The first kappa shape index (κ1) is 21.4. The second kappa shape index (κ2) is 8.60. The Balaban J connectivity index is 1.69. The summed E-state index contributed by atoms with van der Waals surface area (Å²) >= 11 is 0. The van der Waals surface area contributed by atoms with Crippen molar-refractivity contribution < 1.29 is 18.8 Å². The van der Waals surface area contributed by atoms with Crippen LogP contribution in [0.15, 0.2) is 54.6 Å². The first-order valence-electron chi connectivity index (χ1n) is 10.2. The Kier molecular flexibility index (Phi) is 6.34.